The maximum atomic E-state index is 11.6. The number of pyridine rings is 1. The van der Waals surface area contributed by atoms with Crippen molar-refractivity contribution in [1.29, 1.82) is 0 Å². The van der Waals surface area contributed by atoms with E-state index in [-0.39, 0.29) is 5.56 Å². The minimum absolute atomic E-state index is 0.0303. The number of aromatic nitrogens is 3. The molecule has 0 aromatic carbocycles. The Kier molecular flexibility index (Phi) is 2.14. The highest BCUT2D eigenvalue weighted by atomic mass is 16.5. The third-order valence-electron chi connectivity index (χ3n) is 1.93. The maximum absolute atomic E-state index is 11.6. The van der Waals surface area contributed by atoms with Gasteiger partial charge < -0.3 is 9.09 Å². The second-order valence-corrected chi connectivity index (χ2v) is 2.97. The fraction of sp³-hybridized carbons (Fsp3) is 0.222. The largest absolute Gasteiger partial charge is 0.343 e. The Labute approximate surface area is 80.0 Å². The zero-order chi connectivity index (χ0) is 9.97. The van der Waals surface area contributed by atoms with Gasteiger partial charge in [-0.2, -0.15) is 4.98 Å². The third kappa shape index (κ3) is 1.56. The molecule has 14 heavy (non-hydrogen) atoms. The first-order chi connectivity index (χ1) is 6.77. The summed E-state index contributed by atoms with van der Waals surface area (Å²) in [5.41, 5.74) is 0.674. The van der Waals surface area contributed by atoms with Crippen LogP contribution in [0.5, 0.6) is 0 Å². The molecule has 0 radical (unpaired) electrons. The van der Waals surface area contributed by atoms with E-state index in [9.17, 15) is 4.79 Å². The van der Waals surface area contributed by atoms with Gasteiger partial charge in [-0.3, -0.25) is 4.79 Å². The second kappa shape index (κ2) is 3.45. The molecule has 0 unspecified atom stereocenters. The van der Waals surface area contributed by atoms with Crippen LogP contribution in [-0.2, 0) is 6.54 Å². The van der Waals surface area contributed by atoms with Gasteiger partial charge in [0.2, 0.25) is 6.39 Å². The molecular formula is C9H9N3O2. The summed E-state index contributed by atoms with van der Waals surface area (Å²) >= 11 is 0. The van der Waals surface area contributed by atoms with Crippen molar-refractivity contribution in [2.45, 2.75) is 13.5 Å². The molecule has 2 aromatic rings. The average molecular weight is 191 g/mol. The average Bonchev–Trinajstić information content (AvgIpc) is 2.66. The van der Waals surface area contributed by atoms with Crippen LogP contribution in [0.15, 0.2) is 34.0 Å². The van der Waals surface area contributed by atoms with E-state index < -0.39 is 0 Å². The minimum Gasteiger partial charge on any atom is -0.343 e. The summed E-state index contributed by atoms with van der Waals surface area (Å²) in [4.78, 5) is 15.4. The van der Waals surface area contributed by atoms with E-state index in [1.165, 1.54) is 6.39 Å². The van der Waals surface area contributed by atoms with E-state index in [0.29, 0.717) is 17.9 Å². The molecule has 0 aliphatic heterocycles. The van der Waals surface area contributed by atoms with Crippen molar-refractivity contribution in [2.24, 2.45) is 0 Å². The summed E-state index contributed by atoms with van der Waals surface area (Å²) in [6.45, 7) is 2.12. The van der Waals surface area contributed by atoms with Gasteiger partial charge in [0.15, 0.2) is 5.82 Å². The Morgan fingerprint density at radius 2 is 2.43 bits per heavy atom. The molecule has 0 saturated heterocycles. The molecule has 0 saturated carbocycles. The molecular weight excluding hydrogens is 182 g/mol. The Bertz CT molecular complexity index is 473. The number of nitrogens with zero attached hydrogens (tertiary/aromatic N) is 3. The first-order valence-corrected chi connectivity index (χ1v) is 4.18. The summed E-state index contributed by atoms with van der Waals surface area (Å²) in [6.07, 6.45) is 2.95. The molecule has 0 atom stereocenters. The van der Waals surface area contributed by atoms with E-state index in [0.717, 1.165) is 0 Å². The SMILES string of the molecule is Cc1cccn(Cc2ncon2)c1=O. The van der Waals surface area contributed by atoms with Crippen LogP contribution in [0.1, 0.15) is 11.4 Å². The lowest BCUT2D eigenvalue weighted by molar-refractivity contribution is 0.408. The zero-order valence-electron chi connectivity index (χ0n) is 7.67. The summed E-state index contributed by atoms with van der Waals surface area (Å²) in [5, 5.41) is 3.64. The standard InChI is InChI=1S/C9H9N3O2/c1-7-3-2-4-12(9(7)13)5-8-10-6-14-11-8/h2-4,6H,5H2,1H3. The van der Waals surface area contributed by atoms with Gasteiger partial charge in [0, 0.05) is 11.8 Å². The van der Waals surface area contributed by atoms with E-state index in [1.54, 1.807) is 23.8 Å². The van der Waals surface area contributed by atoms with Gasteiger partial charge in [0.05, 0.1) is 6.54 Å². The van der Waals surface area contributed by atoms with Crippen molar-refractivity contribution in [1.82, 2.24) is 14.7 Å². The molecule has 5 nitrogen and oxygen atoms in total. The van der Waals surface area contributed by atoms with Gasteiger partial charge in [0.1, 0.15) is 0 Å². The van der Waals surface area contributed by atoms with E-state index >= 15 is 0 Å². The number of aryl methyl sites for hydroxylation is 1. The van der Waals surface area contributed by atoms with E-state index in [2.05, 4.69) is 14.7 Å². The Morgan fingerprint density at radius 1 is 1.57 bits per heavy atom. The van der Waals surface area contributed by atoms with Crippen molar-refractivity contribution in [3.05, 3.63) is 46.5 Å². The van der Waals surface area contributed by atoms with Crippen molar-refractivity contribution in [3.63, 3.8) is 0 Å². The fourth-order valence-corrected chi connectivity index (χ4v) is 1.20. The predicted octanol–water partition coefficient (Wildman–Crippen LogP) is 0.588. The van der Waals surface area contributed by atoms with Gasteiger partial charge >= 0.3 is 0 Å². The highest BCUT2D eigenvalue weighted by Crippen LogP contribution is 1.94. The van der Waals surface area contributed by atoms with Crippen LogP contribution in [0.25, 0.3) is 0 Å². The minimum atomic E-state index is -0.0303. The van der Waals surface area contributed by atoms with Gasteiger partial charge in [-0.05, 0) is 13.0 Å². The number of rotatable bonds is 2. The topological polar surface area (TPSA) is 60.9 Å². The Morgan fingerprint density at radius 3 is 3.14 bits per heavy atom. The molecule has 0 aliphatic rings. The van der Waals surface area contributed by atoms with Crippen molar-refractivity contribution in [2.75, 3.05) is 0 Å². The van der Waals surface area contributed by atoms with Crippen LogP contribution in [0.4, 0.5) is 0 Å². The molecule has 2 aromatic heterocycles. The molecule has 0 spiro atoms. The van der Waals surface area contributed by atoms with E-state index in [1.807, 2.05) is 6.07 Å². The van der Waals surface area contributed by atoms with Gasteiger partial charge in [-0.1, -0.05) is 11.2 Å². The maximum Gasteiger partial charge on any atom is 0.253 e. The Balaban J connectivity index is 2.34. The molecule has 0 N–H and O–H groups in total. The van der Waals surface area contributed by atoms with Crippen LogP contribution in [0.3, 0.4) is 0 Å². The predicted molar refractivity (Wildman–Crippen MR) is 48.8 cm³/mol. The lowest BCUT2D eigenvalue weighted by atomic mass is 10.3. The molecule has 0 bridgehead atoms. The molecule has 0 aliphatic carbocycles. The van der Waals surface area contributed by atoms with Gasteiger partial charge in [0.25, 0.3) is 5.56 Å². The molecule has 72 valence electrons. The fourth-order valence-electron chi connectivity index (χ4n) is 1.20. The Hall–Kier alpha value is -1.91. The lowest BCUT2D eigenvalue weighted by Gasteiger charge is -2.01. The van der Waals surface area contributed by atoms with E-state index in [4.69, 9.17) is 0 Å². The monoisotopic (exact) mass is 191 g/mol. The third-order valence-corrected chi connectivity index (χ3v) is 1.93. The zero-order valence-corrected chi connectivity index (χ0v) is 7.67. The quantitative estimate of drug-likeness (QED) is 0.696. The van der Waals surface area contributed by atoms with Crippen LogP contribution >= 0.6 is 0 Å². The smallest absolute Gasteiger partial charge is 0.253 e. The van der Waals surface area contributed by atoms with Gasteiger partial charge in [-0.15, -0.1) is 0 Å². The van der Waals surface area contributed by atoms with Crippen LogP contribution in [-0.4, -0.2) is 14.7 Å². The number of hydrogen-bond acceptors (Lipinski definition) is 4. The van der Waals surface area contributed by atoms with Crippen LogP contribution in [0.2, 0.25) is 0 Å². The first kappa shape index (κ1) is 8.68. The second-order valence-electron chi connectivity index (χ2n) is 2.97. The van der Waals surface area contributed by atoms with Crippen LogP contribution in [0, 0.1) is 6.92 Å². The van der Waals surface area contributed by atoms with Crippen molar-refractivity contribution < 1.29 is 4.52 Å². The molecule has 2 rings (SSSR count). The van der Waals surface area contributed by atoms with Crippen molar-refractivity contribution in [3.8, 4) is 0 Å². The molecule has 5 heteroatoms. The summed E-state index contributed by atoms with van der Waals surface area (Å²) in [5.74, 6) is 0.498. The van der Waals surface area contributed by atoms with Crippen molar-refractivity contribution >= 4 is 0 Å². The van der Waals surface area contributed by atoms with Gasteiger partial charge in [-0.25, -0.2) is 0 Å². The molecule has 0 fully saturated rings. The summed E-state index contributed by atoms with van der Waals surface area (Å²) in [6, 6.07) is 3.59. The lowest BCUT2D eigenvalue weighted by Crippen LogP contribution is -2.22. The highest BCUT2D eigenvalue weighted by molar-refractivity contribution is 5.08. The van der Waals surface area contributed by atoms with Crippen LogP contribution < -0.4 is 5.56 Å². The summed E-state index contributed by atoms with van der Waals surface area (Å²) < 4.78 is 6.12. The molecule has 2 heterocycles. The number of hydrogen-bond donors (Lipinski definition) is 0. The molecule has 0 amide bonds. The first-order valence-electron chi connectivity index (χ1n) is 4.18. The summed E-state index contributed by atoms with van der Waals surface area (Å²) in [7, 11) is 0. The normalized spacial score (nSPS) is 10.4. The highest BCUT2D eigenvalue weighted by Gasteiger charge is 2.02.